The first-order chi connectivity index (χ1) is 6.99. The van der Waals surface area contributed by atoms with Crippen LogP contribution >= 0.6 is 15.9 Å². The smallest absolute Gasteiger partial charge is 0.224 e. The molecule has 0 unspecified atom stereocenters. The fourth-order valence-electron chi connectivity index (χ4n) is 1.30. The second kappa shape index (κ2) is 5.31. The summed E-state index contributed by atoms with van der Waals surface area (Å²) in [6, 6.07) is 5.87. The molecule has 1 N–H and O–H groups in total. The van der Waals surface area contributed by atoms with Crippen LogP contribution in [0.25, 0.3) is 0 Å². The lowest BCUT2D eigenvalue weighted by Crippen LogP contribution is -2.14. The van der Waals surface area contributed by atoms with Gasteiger partial charge in [0.1, 0.15) is 0 Å². The number of hydrogen-bond donors (Lipinski definition) is 1. The molecule has 1 amide bonds. The molecule has 0 fully saturated rings. The van der Waals surface area contributed by atoms with Crippen LogP contribution < -0.4 is 5.32 Å². The fraction of sp³-hybridized carbons (Fsp3) is 0.417. The van der Waals surface area contributed by atoms with E-state index in [0.29, 0.717) is 12.3 Å². The van der Waals surface area contributed by atoms with Crippen molar-refractivity contribution in [1.29, 1.82) is 0 Å². The van der Waals surface area contributed by atoms with E-state index in [2.05, 4.69) is 21.2 Å². The molecule has 0 radical (unpaired) electrons. The molecule has 0 bridgehead atoms. The lowest BCUT2D eigenvalue weighted by molar-refractivity contribution is -0.116. The van der Waals surface area contributed by atoms with E-state index < -0.39 is 0 Å². The zero-order valence-electron chi connectivity index (χ0n) is 9.30. The van der Waals surface area contributed by atoms with Gasteiger partial charge < -0.3 is 5.32 Å². The van der Waals surface area contributed by atoms with Crippen LogP contribution in [0.4, 0.5) is 5.69 Å². The second-order valence-corrected chi connectivity index (χ2v) is 5.02. The summed E-state index contributed by atoms with van der Waals surface area (Å²) < 4.78 is 0.980. The van der Waals surface area contributed by atoms with Crippen molar-refractivity contribution in [2.75, 3.05) is 5.32 Å². The van der Waals surface area contributed by atoms with Crippen LogP contribution in [0.2, 0.25) is 0 Å². The van der Waals surface area contributed by atoms with Crippen molar-refractivity contribution < 1.29 is 4.79 Å². The molecule has 0 saturated heterocycles. The van der Waals surface area contributed by atoms with Crippen molar-refractivity contribution in [3.05, 3.63) is 28.2 Å². The highest BCUT2D eigenvalue weighted by Gasteiger charge is 2.07. The van der Waals surface area contributed by atoms with Crippen molar-refractivity contribution in [3.63, 3.8) is 0 Å². The third-order valence-electron chi connectivity index (χ3n) is 2.07. The third kappa shape index (κ3) is 4.04. The normalized spacial score (nSPS) is 10.5. The van der Waals surface area contributed by atoms with Crippen LogP contribution in [-0.4, -0.2) is 5.91 Å². The average molecular weight is 270 g/mol. The second-order valence-electron chi connectivity index (χ2n) is 4.11. The molecule has 3 heteroatoms. The van der Waals surface area contributed by atoms with E-state index in [4.69, 9.17) is 0 Å². The van der Waals surface area contributed by atoms with Crippen LogP contribution in [0.15, 0.2) is 22.7 Å². The van der Waals surface area contributed by atoms with E-state index in [9.17, 15) is 4.79 Å². The van der Waals surface area contributed by atoms with Gasteiger partial charge in [-0.1, -0.05) is 35.8 Å². The summed E-state index contributed by atoms with van der Waals surface area (Å²) in [5.74, 6) is 0.462. The number of carbonyl (C=O) groups excluding carboxylic acids is 1. The Bertz CT molecular complexity index is 361. The summed E-state index contributed by atoms with van der Waals surface area (Å²) in [6.45, 7) is 6.05. The van der Waals surface area contributed by atoms with E-state index in [0.717, 1.165) is 15.7 Å². The van der Waals surface area contributed by atoms with E-state index in [1.165, 1.54) is 0 Å². The van der Waals surface area contributed by atoms with Gasteiger partial charge in [-0.05, 0) is 30.5 Å². The van der Waals surface area contributed by atoms with Crippen LogP contribution in [-0.2, 0) is 4.79 Å². The predicted molar refractivity (Wildman–Crippen MR) is 67.0 cm³/mol. The summed E-state index contributed by atoms with van der Waals surface area (Å²) in [4.78, 5) is 11.6. The maximum absolute atomic E-state index is 11.6. The maximum atomic E-state index is 11.6. The minimum absolute atomic E-state index is 0.0752. The summed E-state index contributed by atoms with van der Waals surface area (Å²) in [5.41, 5.74) is 1.96. The van der Waals surface area contributed by atoms with Gasteiger partial charge in [0.05, 0.1) is 0 Å². The number of carbonyl (C=O) groups is 1. The Kier molecular flexibility index (Phi) is 4.33. The molecule has 1 aromatic rings. The van der Waals surface area contributed by atoms with Gasteiger partial charge in [0.25, 0.3) is 0 Å². The number of anilines is 1. The SMILES string of the molecule is Cc1ccc(Br)cc1NC(=O)CC(C)C. The van der Waals surface area contributed by atoms with Crippen LogP contribution in [0, 0.1) is 12.8 Å². The number of rotatable bonds is 3. The van der Waals surface area contributed by atoms with Crippen molar-refractivity contribution in [2.45, 2.75) is 27.2 Å². The number of hydrogen-bond acceptors (Lipinski definition) is 1. The van der Waals surface area contributed by atoms with Crippen molar-refractivity contribution in [3.8, 4) is 0 Å². The number of amides is 1. The Balaban J connectivity index is 2.71. The van der Waals surface area contributed by atoms with Gasteiger partial charge in [-0.2, -0.15) is 0 Å². The van der Waals surface area contributed by atoms with Gasteiger partial charge in [-0.15, -0.1) is 0 Å². The largest absolute Gasteiger partial charge is 0.326 e. The summed E-state index contributed by atoms with van der Waals surface area (Å²) in [6.07, 6.45) is 0.561. The highest BCUT2D eigenvalue weighted by Crippen LogP contribution is 2.21. The van der Waals surface area contributed by atoms with Gasteiger partial charge in [0, 0.05) is 16.6 Å². The number of nitrogens with one attached hydrogen (secondary N) is 1. The van der Waals surface area contributed by atoms with Gasteiger partial charge >= 0.3 is 0 Å². The molecule has 1 aromatic carbocycles. The summed E-state index contributed by atoms with van der Waals surface area (Å²) in [7, 11) is 0. The molecule has 0 atom stereocenters. The first-order valence-electron chi connectivity index (χ1n) is 5.05. The van der Waals surface area contributed by atoms with Gasteiger partial charge in [-0.25, -0.2) is 0 Å². The molecule has 2 nitrogen and oxygen atoms in total. The molecular weight excluding hydrogens is 254 g/mol. The van der Waals surface area contributed by atoms with Crippen LogP contribution in [0.1, 0.15) is 25.8 Å². The Hall–Kier alpha value is -0.830. The van der Waals surface area contributed by atoms with Crippen molar-refractivity contribution in [1.82, 2.24) is 0 Å². The van der Waals surface area contributed by atoms with Gasteiger partial charge in [-0.3, -0.25) is 4.79 Å². The molecular formula is C12H16BrNO. The molecule has 0 aliphatic carbocycles. The number of halogens is 1. The van der Waals surface area contributed by atoms with Crippen LogP contribution in [0.5, 0.6) is 0 Å². The Labute approximate surface area is 99.2 Å². The molecule has 0 heterocycles. The average Bonchev–Trinajstić information content (AvgIpc) is 2.10. The third-order valence-corrected chi connectivity index (χ3v) is 2.56. The number of aryl methyl sites for hydroxylation is 1. The lowest BCUT2D eigenvalue weighted by Gasteiger charge is -2.10. The molecule has 0 spiro atoms. The number of benzene rings is 1. The minimum atomic E-state index is 0.0752. The molecule has 0 aliphatic rings. The fourth-order valence-corrected chi connectivity index (χ4v) is 1.66. The molecule has 82 valence electrons. The minimum Gasteiger partial charge on any atom is -0.326 e. The highest BCUT2D eigenvalue weighted by molar-refractivity contribution is 9.10. The predicted octanol–water partition coefficient (Wildman–Crippen LogP) is 3.74. The first-order valence-corrected chi connectivity index (χ1v) is 5.84. The zero-order valence-corrected chi connectivity index (χ0v) is 10.9. The van der Waals surface area contributed by atoms with Crippen molar-refractivity contribution in [2.24, 2.45) is 5.92 Å². The van der Waals surface area contributed by atoms with Crippen LogP contribution in [0.3, 0.4) is 0 Å². The molecule has 0 aliphatic heterocycles. The molecule has 1 rings (SSSR count). The maximum Gasteiger partial charge on any atom is 0.224 e. The Morgan fingerprint density at radius 2 is 2.13 bits per heavy atom. The zero-order chi connectivity index (χ0) is 11.4. The lowest BCUT2D eigenvalue weighted by atomic mass is 10.1. The monoisotopic (exact) mass is 269 g/mol. The summed E-state index contributed by atoms with van der Waals surface area (Å²) in [5, 5.41) is 2.91. The van der Waals surface area contributed by atoms with E-state index >= 15 is 0 Å². The van der Waals surface area contributed by atoms with Crippen molar-refractivity contribution >= 4 is 27.5 Å². The van der Waals surface area contributed by atoms with E-state index in [1.54, 1.807) is 0 Å². The van der Waals surface area contributed by atoms with Gasteiger partial charge in [0.15, 0.2) is 0 Å². The standard InChI is InChI=1S/C12H16BrNO/c1-8(2)6-12(15)14-11-7-10(13)5-4-9(11)3/h4-5,7-8H,6H2,1-3H3,(H,14,15). The van der Waals surface area contributed by atoms with Gasteiger partial charge in [0.2, 0.25) is 5.91 Å². The molecule has 15 heavy (non-hydrogen) atoms. The first kappa shape index (κ1) is 12.2. The Morgan fingerprint density at radius 3 is 2.73 bits per heavy atom. The highest BCUT2D eigenvalue weighted by atomic mass is 79.9. The molecule has 0 aromatic heterocycles. The quantitative estimate of drug-likeness (QED) is 0.890. The molecule has 0 saturated carbocycles. The topological polar surface area (TPSA) is 29.1 Å². The van der Waals surface area contributed by atoms with E-state index in [1.807, 2.05) is 39.0 Å². The van der Waals surface area contributed by atoms with E-state index in [-0.39, 0.29) is 5.91 Å². The summed E-state index contributed by atoms with van der Waals surface area (Å²) >= 11 is 3.39. The Morgan fingerprint density at radius 1 is 1.47 bits per heavy atom.